The number of rotatable bonds is 4. The molecule has 6 heteroatoms. The SMILES string of the molecule is O=C(C1c2ccccc2Oc2ccccc21)N1CC(c2nc(Cc3ccccc3)no2)C1. The van der Waals surface area contributed by atoms with Gasteiger partial charge in [0.15, 0.2) is 5.82 Å². The third-order valence-electron chi connectivity index (χ3n) is 6.16. The monoisotopic (exact) mass is 423 g/mol. The lowest BCUT2D eigenvalue weighted by Gasteiger charge is -2.40. The third-order valence-corrected chi connectivity index (χ3v) is 6.16. The number of hydrogen-bond donors (Lipinski definition) is 0. The lowest BCUT2D eigenvalue weighted by atomic mass is 9.85. The molecule has 0 spiro atoms. The minimum atomic E-state index is -0.367. The highest BCUT2D eigenvalue weighted by molar-refractivity contribution is 5.90. The second kappa shape index (κ2) is 7.64. The molecule has 32 heavy (non-hydrogen) atoms. The van der Waals surface area contributed by atoms with Crippen molar-refractivity contribution in [3.05, 3.63) is 107 Å². The highest BCUT2D eigenvalue weighted by Gasteiger charge is 2.41. The van der Waals surface area contributed by atoms with Gasteiger partial charge < -0.3 is 14.2 Å². The van der Waals surface area contributed by atoms with E-state index in [0.717, 1.165) is 28.2 Å². The first-order valence-corrected chi connectivity index (χ1v) is 10.8. The van der Waals surface area contributed by atoms with Gasteiger partial charge in [-0.15, -0.1) is 0 Å². The summed E-state index contributed by atoms with van der Waals surface area (Å²) < 4.78 is 11.5. The Morgan fingerprint density at radius 3 is 2.19 bits per heavy atom. The van der Waals surface area contributed by atoms with Crippen molar-refractivity contribution in [1.29, 1.82) is 0 Å². The Kier molecular flexibility index (Phi) is 4.49. The van der Waals surface area contributed by atoms with E-state index in [1.807, 2.05) is 83.8 Å². The Bertz CT molecular complexity index is 1230. The Morgan fingerprint density at radius 2 is 1.50 bits per heavy atom. The second-order valence-corrected chi connectivity index (χ2v) is 8.26. The van der Waals surface area contributed by atoms with Crippen LogP contribution in [0, 0.1) is 0 Å². The Balaban J connectivity index is 1.18. The predicted molar refractivity (Wildman–Crippen MR) is 118 cm³/mol. The molecule has 158 valence electrons. The lowest BCUT2D eigenvalue weighted by Crippen LogP contribution is -2.50. The van der Waals surface area contributed by atoms with E-state index in [2.05, 4.69) is 10.1 Å². The first-order chi connectivity index (χ1) is 15.8. The van der Waals surface area contributed by atoms with Crippen LogP contribution >= 0.6 is 0 Å². The number of nitrogens with zero attached hydrogens (tertiary/aromatic N) is 3. The van der Waals surface area contributed by atoms with Crippen LogP contribution in [0.25, 0.3) is 0 Å². The average Bonchev–Trinajstić information content (AvgIpc) is 3.24. The van der Waals surface area contributed by atoms with Crippen molar-refractivity contribution in [2.24, 2.45) is 0 Å². The van der Waals surface area contributed by atoms with Crippen LogP contribution in [0.3, 0.4) is 0 Å². The molecule has 1 fully saturated rings. The largest absolute Gasteiger partial charge is 0.457 e. The summed E-state index contributed by atoms with van der Waals surface area (Å²) in [7, 11) is 0. The van der Waals surface area contributed by atoms with E-state index < -0.39 is 0 Å². The Labute approximate surface area is 185 Å². The van der Waals surface area contributed by atoms with Crippen LogP contribution in [0.1, 0.15) is 40.2 Å². The van der Waals surface area contributed by atoms with Crippen molar-refractivity contribution in [1.82, 2.24) is 15.0 Å². The van der Waals surface area contributed by atoms with Crippen molar-refractivity contribution in [3.8, 4) is 11.5 Å². The first-order valence-electron chi connectivity index (χ1n) is 10.8. The normalized spacial score (nSPS) is 15.4. The van der Waals surface area contributed by atoms with Crippen LogP contribution in [0.2, 0.25) is 0 Å². The maximum absolute atomic E-state index is 13.5. The van der Waals surface area contributed by atoms with Gasteiger partial charge in [-0.1, -0.05) is 71.9 Å². The fourth-order valence-corrected chi connectivity index (χ4v) is 4.46. The van der Waals surface area contributed by atoms with Crippen LogP contribution in [0.5, 0.6) is 11.5 Å². The van der Waals surface area contributed by atoms with Crippen molar-refractivity contribution < 1.29 is 14.1 Å². The topological polar surface area (TPSA) is 68.5 Å². The van der Waals surface area contributed by atoms with E-state index in [9.17, 15) is 4.79 Å². The number of carbonyl (C=O) groups excluding carboxylic acids is 1. The summed E-state index contributed by atoms with van der Waals surface area (Å²) in [6, 6.07) is 25.6. The van der Waals surface area contributed by atoms with Gasteiger partial charge in [-0.05, 0) is 17.7 Å². The first kappa shape index (κ1) is 18.8. The summed E-state index contributed by atoms with van der Waals surface area (Å²) in [5.41, 5.74) is 2.95. The molecule has 3 heterocycles. The molecule has 0 unspecified atom stereocenters. The summed E-state index contributed by atoms with van der Waals surface area (Å²) in [5.74, 6) is 2.53. The molecule has 4 aromatic rings. The van der Waals surface area contributed by atoms with Gasteiger partial charge in [0.25, 0.3) is 0 Å². The average molecular weight is 423 g/mol. The molecular weight excluding hydrogens is 402 g/mol. The number of amides is 1. The number of hydrogen-bond acceptors (Lipinski definition) is 5. The molecule has 1 aromatic heterocycles. The molecule has 0 saturated carbocycles. The number of benzene rings is 3. The summed E-state index contributed by atoms with van der Waals surface area (Å²) >= 11 is 0. The van der Waals surface area contributed by atoms with Gasteiger partial charge in [-0.25, -0.2) is 0 Å². The molecule has 2 aliphatic heterocycles. The Hall–Kier alpha value is -3.93. The van der Waals surface area contributed by atoms with E-state index in [4.69, 9.17) is 9.26 Å². The second-order valence-electron chi connectivity index (χ2n) is 8.26. The molecule has 1 saturated heterocycles. The number of para-hydroxylation sites is 2. The molecule has 1 amide bonds. The van der Waals surface area contributed by atoms with Gasteiger partial charge in [0.05, 0.1) is 11.8 Å². The zero-order valence-corrected chi connectivity index (χ0v) is 17.3. The summed E-state index contributed by atoms with van der Waals surface area (Å²) in [4.78, 5) is 20.0. The molecule has 0 bridgehead atoms. The smallest absolute Gasteiger partial charge is 0.234 e. The highest BCUT2D eigenvalue weighted by atomic mass is 16.5. The predicted octanol–water partition coefficient (Wildman–Crippen LogP) is 4.52. The van der Waals surface area contributed by atoms with Crippen molar-refractivity contribution in [2.75, 3.05) is 13.1 Å². The maximum Gasteiger partial charge on any atom is 0.234 e. The number of aromatic nitrogens is 2. The van der Waals surface area contributed by atoms with E-state index >= 15 is 0 Å². The van der Waals surface area contributed by atoms with Crippen molar-refractivity contribution in [3.63, 3.8) is 0 Å². The maximum atomic E-state index is 13.5. The van der Waals surface area contributed by atoms with Gasteiger partial charge in [-0.3, -0.25) is 4.79 Å². The number of likely N-dealkylation sites (tertiary alicyclic amines) is 1. The molecular formula is C26H21N3O3. The minimum absolute atomic E-state index is 0.0706. The van der Waals surface area contributed by atoms with Crippen LogP contribution in [0.15, 0.2) is 83.4 Å². The minimum Gasteiger partial charge on any atom is -0.457 e. The molecule has 6 rings (SSSR count). The van der Waals surface area contributed by atoms with Crippen molar-refractivity contribution >= 4 is 5.91 Å². The van der Waals surface area contributed by atoms with E-state index in [1.54, 1.807) is 0 Å². The molecule has 0 aliphatic carbocycles. The number of fused-ring (bicyclic) bond motifs is 2. The Morgan fingerprint density at radius 1 is 0.875 bits per heavy atom. The van der Waals surface area contributed by atoms with Gasteiger partial charge in [-0.2, -0.15) is 4.98 Å². The summed E-state index contributed by atoms with van der Waals surface area (Å²) in [6.07, 6.45) is 0.634. The van der Waals surface area contributed by atoms with E-state index in [-0.39, 0.29) is 17.7 Å². The van der Waals surface area contributed by atoms with Crippen LogP contribution in [-0.2, 0) is 11.2 Å². The molecule has 0 atom stereocenters. The summed E-state index contributed by atoms with van der Waals surface area (Å²) in [5, 5.41) is 4.13. The van der Waals surface area contributed by atoms with Crippen LogP contribution in [-0.4, -0.2) is 34.0 Å². The van der Waals surface area contributed by atoms with Crippen LogP contribution < -0.4 is 4.74 Å². The standard InChI is InChI=1S/C26H21N3O3/c30-26(24-19-10-4-6-12-21(19)31-22-13-7-5-11-20(22)24)29-15-18(16-29)25-27-23(28-32-25)14-17-8-2-1-3-9-17/h1-13,18,24H,14-16H2. The van der Waals surface area contributed by atoms with Crippen LogP contribution in [0.4, 0.5) is 0 Å². The van der Waals surface area contributed by atoms with E-state index in [1.165, 1.54) is 0 Å². The quantitative estimate of drug-likeness (QED) is 0.483. The summed E-state index contributed by atoms with van der Waals surface area (Å²) in [6.45, 7) is 1.15. The number of carbonyl (C=O) groups is 1. The number of ether oxygens (including phenoxy) is 1. The highest BCUT2D eigenvalue weighted by Crippen LogP contribution is 2.45. The molecule has 0 radical (unpaired) electrons. The third kappa shape index (κ3) is 3.24. The fourth-order valence-electron chi connectivity index (χ4n) is 4.46. The zero-order valence-electron chi connectivity index (χ0n) is 17.3. The molecule has 2 aliphatic rings. The molecule has 0 N–H and O–H groups in total. The van der Waals surface area contributed by atoms with Crippen molar-refractivity contribution in [2.45, 2.75) is 18.3 Å². The lowest BCUT2D eigenvalue weighted by molar-refractivity contribution is -0.136. The van der Waals surface area contributed by atoms with E-state index in [0.29, 0.717) is 31.2 Å². The zero-order chi connectivity index (χ0) is 21.5. The van der Waals surface area contributed by atoms with Gasteiger partial charge >= 0.3 is 0 Å². The molecule has 3 aromatic carbocycles. The van der Waals surface area contributed by atoms with Gasteiger partial charge in [0.1, 0.15) is 11.5 Å². The van der Waals surface area contributed by atoms with Gasteiger partial charge in [0.2, 0.25) is 11.8 Å². The molecule has 6 nitrogen and oxygen atoms in total. The fraction of sp³-hybridized carbons (Fsp3) is 0.192. The van der Waals surface area contributed by atoms with Gasteiger partial charge in [0, 0.05) is 30.6 Å².